The highest BCUT2D eigenvalue weighted by molar-refractivity contribution is 5.79. The van der Waals surface area contributed by atoms with Crippen LogP contribution in [-0.4, -0.2) is 54.2 Å². The van der Waals surface area contributed by atoms with Crippen LogP contribution >= 0.6 is 0 Å². The Kier molecular flexibility index (Phi) is 10.1. The number of aromatic nitrogens is 1. The van der Waals surface area contributed by atoms with Gasteiger partial charge in [0.05, 0.1) is 0 Å². The zero-order chi connectivity index (χ0) is 20.2. The molecule has 0 saturated carbocycles. The first-order valence-corrected chi connectivity index (χ1v) is 11.1. The van der Waals surface area contributed by atoms with Gasteiger partial charge in [-0.3, -0.25) is 14.7 Å². The Balaban J connectivity index is 1.71. The highest BCUT2D eigenvalue weighted by Crippen LogP contribution is 2.18. The second-order valence-corrected chi connectivity index (χ2v) is 7.65. The standard InChI is InChI=1S/C22H39N5O/c1-4-20-12-6-8-16-26(20)18-15-25-22(23-5-2)24-14-7-9-17-27-19(3)11-10-13-21(27)28/h10-11,13,20H,4-9,12,14-18H2,1-3H3,(H2,23,24,25). The quantitative estimate of drug-likeness (QED) is 0.367. The van der Waals surface area contributed by atoms with Crippen molar-refractivity contribution < 1.29 is 0 Å². The van der Waals surface area contributed by atoms with Crippen LogP contribution in [0.4, 0.5) is 0 Å². The highest BCUT2D eigenvalue weighted by Gasteiger charge is 2.19. The Labute approximate surface area is 170 Å². The number of rotatable bonds is 10. The molecule has 1 aliphatic rings. The Morgan fingerprint density at radius 3 is 2.79 bits per heavy atom. The second-order valence-electron chi connectivity index (χ2n) is 7.65. The summed E-state index contributed by atoms with van der Waals surface area (Å²) < 4.78 is 1.84. The average Bonchev–Trinajstić information content (AvgIpc) is 2.70. The summed E-state index contributed by atoms with van der Waals surface area (Å²) in [7, 11) is 0. The molecule has 0 bridgehead atoms. The molecular weight excluding hydrogens is 350 g/mol. The van der Waals surface area contributed by atoms with Crippen molar-refractivity contribution in [3.05, 3.63) is 34.2 Å². The fourth-order valence-electron chi connectivity index (χ4n) is 3.96. The third kappa shape index (κ3) is 7.30. The molecule has 1 atom stereocenters. The summed E-state index contributed by atoms with van der Waals surface area (Å²) >= 11 is 0. The van der Waals surface area contributed by atoms with Gasteiger partial charge in [0, 0.05) is 50.5 Å². The highest BCUT2D eigenvalue weighted by atomic mass is 16.1. The zero-order valence-corrected chi connectivity index (χ0v) is 18.0. The van der Waals surface area contributed by atoms with Crippen LogP contribution in [0.15, 0.2) is 28.0 Å². The molecule has 0 aromatic carbocycles. The van der Waals surface area contributed by atoms with Gasteiger partial charge in [-0.2, -0.15) is 0 Å². The number of nitrogens with zero attached hydrogens (tertiary/aromatic N) is 3. The lowest BCUT2D eigenvalue weighted by Gasteiger charge is -2.35. The van der Waals surface area contributed by atoms with E-state index in [2.05, 4.69) is 29.4 Å². The molecule has 0 amide bonds. The van der Waals surface area contributed by atoms with Crippen molar-refractivity contribution >= 4 is 5.96 Å². The molecule has 1 unspecified atom stereocenters. The molecule has 0 aliphatic carbocycles. The maximum atomic E-state index is 11.9. The minimum Gasteiger partial charge on any atom is -0.357 e. The number of piperidine rings is 1. The lowest BCUT2D eigenvalue weighted by atomic mass is 10.0. The van der Waals surface area contributed by atoms with Crippen molar-refractivity contribution in [2.24, 2.45) is 4.99 Å². The normalized spacial score (nSPS) is 18.2. The largest absolute Gasteiger partial charge is 0.357 e. The van der Waals surface area contributed by atoms with E-state index in [1.165, 1.54) is 32.2 Å². The summed E-state index contributed by atoms with van der Waals surface area (Å²) in [5.74, 6) is 0.903. The first-order chi connectivity index (χ1) is 13.7. The lowest BCUT2D eigenvalue weighted by molar-refractivity contribution is 0.147. The molecule has 28 heavy (non-hydrogen) atoms. The monoisotopic (exact) mass is 389 g/mol. The van der Waals surface area contributed by atoms with Gasteiger partial charge in [-0.05, 0) is 58.6 Å². The maximum absolute atomic E-state index is 11.9. The SMILES string of the molecule is CCNC(=NCCCCn1c(C)cccc1=O)NCCN1CCCCC1CC. The minimum atomic E-state index is 0.0848. The molecule has 6 heteroatoms. The fraction of sp³-hybridized carbons (Fsp3) is 0.727. The maximum Gasteiger partial charge on any atom is 0.250 e. The van der Waals surface area contributed by atoms with Crippen molar-refractivity contribution in [2.45, 2.75) is 71.9 Å². The van der Waals surface area contributed by atoms with Crippen LogP contribution in [0.5, 0.6) is 0 Å². The molecule has 1 aromatic rings. The van der Waals surface area contributed by atoms with Gasteiger partial charge in [0.1, 0.15) is 0 Å². The number of pyridine rings is 1. The van der Waals surface area contributed by atoms with Gasteiger partial charge in [-0.1, -0.05) is 19.4 Å². The van der Waals surface area contributed by atoms with Crippen molar-refractivity contribution in [3.8, 4) is 0 Å². The molecule has 6 nitrogen and oxygen atoms in total. The van der Waals surface area contributed by atoms with E-state index in [9.17, 15) is 4.79 Å². The summed E-state index contributed by atoms with van der Waals surface area (Å²) in [5.41, 5.74) is 1.11. The first kappa shape index (κ1) is 22.5. The van der Waals surface area contributed by atoms with Crippen molar-refractivity contribution in [2.75, 3.05) is 32.7 Å². The van der Waals surface area contributed by atoms with Crippen molar-refractivity contribution in [1.29, 1.82) is 0 Å². The van der Waals surface area contributed by atoms with E-state index in [0.717, 1.165) is 63.3 Å². The molecule has 1 fully saturated rings. The van der Waals surface area contributed by atoms with E-state index < -0.39 is 0 Å². The predicted octanol–water partition coefficient (Wildman–Crippen LogP) is 2.76. The fourth-order valence-corrected chi connectivity index (χ4v) is 3.96. The van der Waals surface area contributed by atoms with E-state index in [-0.39, 0.29) is 5.56 Å². The zero-order valence-electron chi connectivity index (χ0n) is 18.0. The van der Waals surface area contributed by atoms with Crippen LogP contribution in [0.1, 0.15) is 58.1 Å². The van der Waals surface area contributed by atoms with Crippen LogP contribution in [0, 0.1) is 6.92 Å². The van der Waals surface area contributed by atoms with Crippen LogP contribution in [-0.2, 0) is 6.54 Å². The molecule has 1 aliphatic heterocycles. The van der Waals surface area contributed by atoms with Gasteiger partial charge in [-0.15, -0.1) is 0 Å². The third-order valence-corrected chi connectivity index (χ3v) is 5.58. The van der Waals surface area contributed by atoms with E-state index in [4.69, 9.17) is 4.99 Å². The molecule has 2 rings (SSSR count). The summed E-state index contributed by atoms with van der Waals surface area (Å²) in [5, 5.41) is 6.82. The van der Waals surface area contributed by atoms with Crippen LogP contribution < -0.4 is 16.2 Å². The average molecular weight is 390 g/mol. The Morgan fingerprint density at radius 1 is 1.18 bits per heavy atom. The number of hydrogen-bond donors (Lipinski definition) is 2. The number of unbranched alkanes of at least 4 members (excludes halogenated alkanes) is 1. The topological polar surface area (TPSA) is 61.7 Å². The Morgan fingerprint density at radius 2 is 2.04 bits per heavy atom. The number of aryl methyl sites for hydroxylation is 1. The molecule has 1 aromatic heterocycles. The molecule has 0 spiro atoms. The number of likely N-dealkylation sites (tertiary alicyclic amines) is 1. The third-order valence-electron chi connectivity index (χ3n) is 5.58. The number of hydrogen-bond acceptors (Lipinski definition) is 3. The summed E-state index contributed by atoms with van der Waals surface area (Å²) in [6, 6.07) is 6.18. The molecule has 0 radical (unpaired) electrons. The van der Waals surface area contributed by atoms with E-state index in [0.29, 0.717) is 0 Å². The van der Waals surface area contributed by atoms with E-state index >= 15 is 0 Å². The molecule has 2 heterocycles. The Bertz CT molecular complexity index is 655. The second kappa shape index (κ2) is 12.6. The van der Waals surface area contributed by atoms with E-state index in [1.807, 2.05) is 23.6 Å². The molecule has 2 N–H and O–H groups in total. The molecule has 158 valence electrons. The van der Waals surface area contributed by atoms with Crippen molar-refractivity contribution in [3.63, 3.8) is 0 Å². The Hall–Kier alpha value is -1.82. The number of guanidine groups is 1. The van der Waals surface area contributed by atoms with Gasteiger partial charge in [0.25, 0.3) is 5.56 Å². The van der Waals surface area contributed by atoms with Crippen LogP contribution in [0.2, 0.25) is 0 Å². The van der Waals surface area contributed by atoms with E-state index in [1.54, 1.807) is 6.07 Å². The summed E-state index contributed by atoms with van der Waals surface area (Å²) in [6.45, 7) is 12.0. The van der Waals surface area contributed by atoms with Gasteiger partial charge < -0.3 is 15.2 Å². The number of aliphatic imine (C=N–C) groups is 1. The van der Waals surface area contributed by atoms with Crippen molar-refractivity contribution in [1.82, 2.24) is 20.1 Å². The first-order valence-electron chi connectivity index (χ1n) is 11.1. The minimum absolute atomic E-state index is 0.0848. The smallest absolute Gasteiger partial charge is 0.250 e. The van der Waals surface area contributed by atoms with Gasteiger partial charge in [0.2, 0.25) is 0 Å². The van der Waals surface area contributed by atoms with Crippen LogP contribution in [0.3, 0.4) is 0 Å². The predicted molar refractivity (Wildman–Crippen MR) is 118 cm³/mol. The molecular formula is C22H39N5O. The van der Waals surface area contributed by atoms with Gasteiger partial charge in [-0.25, -0.2) is 0 Å². The molecule has 1 saturated heterocycles. The number of nitrogens with one attached hydrogen (secondary N) is 2. The lowest BCUT2D eigenvalue weighted by Crippen LogP contribution is -2.46. The van der Waals surface area contributed by atoms with Gasteiger partial charge in [0.15, 0.2) is 5.96 Å². The summed E-state index contributed by atoms with van der Waals surface area (Å²) in [4.78, 5) is 19.2. The van der Waals surface area contributed by atoms with Crippen LogP contribution in [0.25, 0.3) is 0 Å². The summed E-state index contributed by atoms with van der Waals surface area (Å²) in [6.07, 6.45) is 7.23. The van der Waals surface area contributed by atoms with Gasteiger partial charge >= 0.3 is 0 Å².